The van der Waals surface area contributed by atoms with Gasteiger partial charge in [0.15, 0.2) is 6.10 Å². The Kier molecular flexibility index (Phi) is 3.82. The molecule has 0 saturated carbocycles. The number of hydrogen-bond donors (Lipinski definition) is 3. The maximum atomic E-state index is 10.6. The first-order valence-electron chi connectivity index (χ1n) is 4.32. The first kappa shape index (κ1) is 11.2. The molecule has 80 valence electrons. The molecule has 1 amide bonds. The monoisotopic (exact) mass is 209 g/mol. The van der Waals surface area contributed by atoms with E-state index in [9.17, 15) is 14.7 Å². The van der Waals surface area contributed by atoms with Gasteiger partial charge in [0.05, 0.1) is 6.04 Å². The van der Waals surface area contributed by atoms with E-state index in [-0.39, 0.29) is 0 Å². The molecule has 1 aromatic carbocycles. The molecule has 1 aromatic rings. The Morgan fingerprint density at radius 1 is 1.33 bits per heavy atom. The average Bonchev–Trinajstić information content (AvgIpc) is 2.26. The number of nitrogens with one attached hydrogen (secondary N) is 1. The van der Waals surface area contributed by atoms with Gasteiger partial charge in [-0.3, -0.25) is 4.79 Å². The third-order valence-electron chi connectivity index (χ3n) is 1.98. The lowest BCUT2D eigenvalue weighted by Crippen LogP contribution is -2.36. The van der Waals surface area contributed by atoms with Gasteiger partial charge in [-0.15, -0.1) is 0 Å². The van der Waals surface area contributed by atoms with Crippen molar-refractivity contribution in [1.29, 1.82) is 0 Å². The Hall–Kier alpha value is -1.88. The maximum absolute atomic E-state index is 10.6. The van der Waals surface area contributed by atoms with Crippen molar-refractivity contribution in [3.05, 3.63) is 35.9 Å². The number of carbonyl (C=O) groups is 2. The highest BCUT2D eigenvalue weighted by molar-refractivity contribution is 5.74. The van der Waals surface area contributed by atoms with Crippen LogP contribution in [0.4, 0.5) is 0 Å². The van der Waals surface area contributed by atoms with Crippen LogP contribution in [0, 0.1) is 0 Å². The lowest BCUT2D eigenvalue weighted by atomic mass is 10.0. The Morgan fingerprint density at radius 2 is 1.93 bits per heavy atom. The zero-order chi connectivity index (χ0) is 11.3. The van der Waals surface area contributed by atoms with Crippen LogP contribution in [0.15, 0.2) is 30.3 Å². The lowest BCUT2D eigenvalue weighted by Gasteiger charge is -2.19. The van der Waals surface area contributed by atoms with Crippen molar-refractivity contribution in [1.82, 2.24) is 5.32 Å². The van der Waals surface area contributed by atoms with Crippen LogP contribution in [0.2, 0.25) is 0 Å². The van der Waals surface area contributed by atoms with Crippen LogP contribution in [0.5, 0.6) is 0 Å². The van der Waals surface area contributed by atoms with E-state index in [0.29, 0.717) is 12.0 Å². The van der Waals surface area contributed by atoms with Gasteiger partial charge in [-0.25, -0.2) is 4.79 Å². The minimum Gasteiger partial charge on any atom is -0.479 e. The molecular weight excluding hydrogens is 198 g/mol. The summed E-state index contributed by atoms with van der Waals surface area (Å²) in [5.41, 5.74) is 0.541. The first-order chi connectivity index (χ1) is 7.16. The van der Waals surface area contributed by atoms with Crippen LogP contribution >= 0.6 is 0 Å². The van der Waals surface area contributed by atoms with Crippen molar-refractivity contribution in [2.75, 3.05) is 0 Å². The van der Waals surface area contributed by atoms with E-state index < -0.39 is 18.1 Å². The summed E-state index contributed by atoms with van der Waals surface area (Å²) >= 11 is 0. The molecule has 3 N–H and O–H groups in total. The molecule has 2 atom stereocenters. The summed E-state index contributed by atoms with van der Waals surface area (Å²) in [6.45, 7) is 0. The van der Waals surface area contributed by atoms with Crippen molar-refractivity contribution < 1.29 is 19.8 Å². The minimum absolute atomic E-state index is 0.365. The van der Waals surface area contributed by atoms with E-state index >= 15 is 0 Å². The van der Waals surface area contributed by atoms with Crippen molar-refractivity contribution >= 4 is 12.4 Å². The van der Waals surface area contributed by atoms with Gasteiger partial charge in [0.2, 0.25) is 6.41 Å². The Balaban J connectivity index is 2.92. The molecule has 0 aliphatic heterocycles. The molecule has 0 spiro atoms. The molecule has 0 heterocycles. The fourth-order valence-electron chi connectivity index (χ4n) is 1.25. The van der Waals surface area contributed by atoms with E-state index in [1.54, 1.807) is 30.3 Å². The van der Waals surface area contributed by atoms with Gasteiger partial charge in [-0.05, 0) is 5.56 Å². The van der Waals surface area contributed by atoms with Gasteiger partial charge in [0.1, 0.15) is 0 Å². The fourth-order valence-corrected chi connectivity index (χ4v) is 1.25. The molecule has 5 nitrogen and oxygen atoms in total. The number of carboxylic acids is 1. The van der Waals surface area contributed by atoms with Gasteiger partial charge in [-0.1, -0.05) is 30.3 Å². The van der Waals surface area contributed by atoms with Crippen LogP contribution < -0.4 is 5.32 Å². The van der Waals surface area contributed by atoms with Crippen molar-refractivity contribution in [2.24, 2.45) is 0 Å². The van der Waals surface area contributed by atoms with Gasteiger partial charge >= 0.3 is 5.97 Å². The van der Waals surface area contributed by atoms with Crippen LogP contribution in [0.3, 0.4) is 0 Å². The van der Waals surface area contributed by atoms with Crippen molar-refractivity contribution in [3.8, 4) is 0 Å². The number of rotatable bonds is 5. The zero-order valence-corrected chi connectivity index (χ0v) is 7.83. The van der Waals surface area contributed by atoms with Crippen LogP contribution in [-0.4, -0.2) is 28.7 Å². The zero-order valence-electron chi connectivity index (χ0n) is 7.83. The number of aliphatic hydroxyl groups excluding tert-OH is 1. The van der Waals surface area contributed by atoms with E-state index in [4.69, 9.17) is 5.11 Å². The van der Waals surface area contributed by atoms with E-state index in [0.717, 1.165) is 0 Å². The number of aliphatic hydroxyl groups is 1. The number of carbonyl (C=O) groups excluding carboxylic acids is 1. The molecule has 0 aliphatic rings. The summed E-state index contributed by atoms with van der Waals surface area (Å²) in [6, 6.07) is 7.49. The average molecular weight is 209 g/mol. The highest BCUT2D eigenvalue weighted by Gasteiger charge is 2.26. The third kappa shape index (κ3) is 2.78. The Bertz CT molecular complexity index is 339. The van der Waals surface area contributed by atoms with E-state index in [1.807, 2.05) is 0 Å². The predicted octanol–water partition coefficient (Wildman–Crippen LogP) is -0.0808. The van der Waals surface area contributed by atoms with E-state index in [2.05, 4.69) is 5.32 Å². The standard InChI is InChI=1S/C10H11NO4/c12-6-11-8(9(13)10(14)15)7-4-2-1-3-5-7/h1-6,8-9,13H,(H,11,12)(H,14,15)/t8-,9-/m0/s1. The summed E-state index contributed by atoms with van der Waals surface area (Å²) in [6.07, 6.45) is -1.29. The van der Waals surface area contributed by atoms with Crippen LogP contribution in [0.1, 0.15) is 11.6 Å². The molecule has 1 rings (SSSR count). The molecule has 0 unspecified atom stereocenters. The normalized spacial score (nSPS) is 13.9. The second-order valence-corrected chi connectivity index (χ2v) is 2.96. The quantitative estimate of drug-likeness (QED) is 0.592. The molecule has 0 aromatic heterocycles. The predicted molar refractivity (Wildman–Crippen MR) is 52.0 cm³/mol. The van der Waals surface area contributed by atoms with Crippen molar-refractivity contribution in [2.45, 2.75) is 12.1 Å². The molecule has 0 aliphatic carbocycles. The number of hydrogen-bond acceptors (Lipinski definition) is 3. The largest absolute Gasteiger partial charge is 0.479 e. The molecule has 5 heteroatoms. The van der Waals surface area contributed by atoms with Crippen molar-refractivity contribution in [3.63, 3.8) is 0 Å². The van der Waals surface area contributed by atoms with E-state index in [1.165, 1.54) is 0 Å². The SMILES string of the molecule is O=CN[C@@H](c1ccccc1)[C@H](O)C(=O)O. The molecule has 0 fully saturated rings. The summed E-state index contributed by atoms with van der Waals surface area (Å²) in [7, 11) is 0. The summed E-state index contributed by atoms with van der Waals surface area (Å²) in [5, 5.41) is 20.3. The topological polar surface area (TPSA) is 86.6 Å². The maximum Gasteiger partial charge on any atom is 0.335 e. The Morgan fingerprint density at radius 3 is 2.40 bits per heavy atom. The van der Waals surface area contributed by atoms with Gasteiger partial charge < -0.3 is 15.5 Å². The van der Waals surface area contributed by atoms with Crippen LogP contribution in [0.25, 0.3) is 0 Å². The Labute approximate surface area is 86.4 Å². The van der Waals surface area contributed by atoms with Gasteiger partial charge in [0.25, 0.3) is 0 Å². The molecular formula is C10H11NO4. The summed E-state index contributed by atoms with van der Waals surface area (Å²) < 4.78 is 0. The third-order valence-corrected chi connectivity index (χ3v) is 1.98. The fraction of sp³-hybridized carbons (Fsp3) is 0.200. The molecule has 15 heavy (non-hydrogen) atoms. The molecule has 0 radical (unpaired) electrons. The second kappa shape index (κ2) is 5.11. The summed E-state index contributed by atoms with van der Waals surface area (Å²) in [5.74, 6) is -1.38. The summed E-state index contributed by atoms with van der Waals surface area (Å²) in [4.78, 5) is 20.9. The number of amides is 1. The highest BCUT2D eigenvalue weighted by Crippen LogP contribution is 2.16. The number of aliphatic carboxylic acids is 1. The van der Waals surface area contributed by atoms with Crippen LogP contribution in [-0.2, 0) is 9.59 Å². The number of carboxylic acid groups (broad SMARTS) is 1. The molecule has 0 saturated heterocycles. The smallest absolute Gasteiger partial charge is 0.335 e. The van der Waals surface area contributed by atoms with Gasteiger partial charge in [0, 0.05) is 0 Å². The highest BCUT2D eigenvalue weighted by atomic mass is 16.4. The minimum atomic E-state index is -1.66. The lowest BCUT2D eigenvalue weighted by molar-refractivity contribution is -0.148. The first-order valence-corrected chi connectivity index (χ1v) is 4.32. The number of benzene rings is 1. The van der Waals surface area contributed by atoms with Gasteiger partial charge in [-0.2, -0.15) is 0 Å². The second-order valence-electron chi connectivity index (χ2n) is 2.96. The molecule has 0 bridgehead atoms.